The molecule has 2 rings (SSSR count). The summed E-state index contributed by atoms with van der Waals surface area (Å²) in [7, 11) is -3.33. The lowest BCUT2D eigenvalue weighted by atomic mass is 10.2. The average molecular weight is 305 g/mol. The van der Waals surface area contributed by atoms with E-state index in [0.29, 0.717) is 6.61 Å². The topological polar surface area (TPSA) is 55.4 Å². The molecule has 2 aromatic rings. The lowest BCUT2D eigenvalue weighted by Crippen LogP contribution is -2.24. The molecule has 0 amide bonds. The summed E-state index contributed by atoms with van der Waals surface area (Å²) < 4.78 is 32.0. The van der Waals surface area contributed by atoms with Gasteiger partial charge in [-0.3, -0.25) is 0 Å². The minimum Gasteiger partial charge on any atom is -0.494 e. The molecule has 0 fully saturated rings. The highest BCUT2D eigenvalue weighted by molar-refractivity contribution is 7.88. The van der Waals surface area contributed by atoms with Gasteiger partial charge >= 0.3 is 0 Å². The number of ether oxygens (including phenoxy) is 1. The van der Waals surface area contributed by atoms with Gasteiger partial charge in [0.15, 0.2) is 0 Å². The predicted octanol–water partition coefficient (Wildman–Crippen LogP) is 2.70. The van der Waals surface area contributed by atoms with Crippen LogP contribution in [0.5, 0.6) is 5.75 Å². The molecule has 0 saturated carbocycles. The lowest BCUT2D eigenvalue weighted by Gasteiger charge is -2.08. The van der Waals surface area contributed by atoms with E-state index in [-0.39, 0.29) is 12.3 Å². The Labute approximate surface area is 125 Å². The van der Waals surface area contributed by atoms with Gasteiger partial charge in [-0.15, -0.1) is 0 Å². The van der Waals surface area contributed by atoms with Crippen molar-refractivity contribution in [1.82, 2.24) is 4.72 Å². The molecule has 4 nitrogen and oxygen atoms in total. The first-order valence-electron chi connectivity index (χ1n) is 6.82. The number of sulfonamides is 1. The first-order chi connectivity index (χ1) is 10.1. The molecule has 0 aliphatic rings. The molecule has 21 heavy (non-hydrogen) atoms. The molecule has 0 spiro atoms. The van der Waals surface area contributed by atoms with Crippen LogP contribution in [0.4, 0.5) is 0 Å². The Morgan fingerprint density at radius 3 is 2.24 bits per heavy atom. The smallest absolute Gasteiger partial charge is 0.216 e. The zero-order valence-corrected chi connectivity index (χ0v) is 12.8. The molecule has 1 N–H and O–H groups in total. The lowest BCUT2D eigenvalue weighted by molar-refractivity contribution is 0.340. The van der Waals surface area contributed by atoms with Gasteiger partial charge in [-0.05, 0) is 30.2 Å². The van der Waals surface area contributed by atoms with Crippen LogP contribution in [0, 0.1) is 0 Å². The van der Waals surface area contributed by atoms with E-state index in [0.717, 1.165) is 16.9 Å². The highest BCUT2D eigenvalue weighted by atomic mass is 32.2. The number of nitrogens with one attached hydrogen (secondary N) is 1. The van der Waals surface area contributed by atoms with Crippen molar-refractivity contribution in [2.45, 2.75) is 19.2 Å². The molecular formula is C16H19NO3S. The fourth-order valence-corrected chi connectivity index (χ4v) is 3.03. The van der Waals surface area contributed by atoms with Crippen LogP contribution in [0.1, 0.15) is 18.1 Å². The largest absolute Gasteiger partial charge is 0.494 e. The molecule has 0 heterocycles. The summed E-state index contributed by atoms with van der Waals surface area (Å²) in [6, 6.07) is 16.5. The molecule has 0 aliphatic heterocycles. The normalized spacial score (nSPS) is 11.3. The van der Waals surface area contributed by atoms with Crippen molar-refractivity contribution in [2.24, 2.45) is 0 Å². The van der Waals surface area contributed by atoms with Crippen molar-refractivity contribution in [3.63, 3.8) is 0 Å². The van der Waals surface area contributed by atoms with E-state index in [4.69, 9.17) is 4.74 Å². The number of hydrogen-bond donors (Lipinski definition) is 1. The summed E-state index contributed by atoms with van der Waals surface area (Å²) in [5.74, 6) is 0.776. The van der Waals surface area contributed by atoms with Crippen molar-refractivity contribution < 1.29 is 13.2 Å². The molecule has 0 aliphatic carbocycles. The summed E-state index contributed by atoms with van der Waals surface area (Å²) in [6.45, 7) is 2.82. The second kappa shape index (κ2) is 7.24. The third-order valence-corrected chi connectivity index (χ3v) is 4.23. The maximum atomic E-state index is 12.0. The van der Waals surface area contributed by atoms with Crippen molar-refractivity contribution >= 4 is 10.0 Å². The van der Waals surface area contributed by atoms with Crippen molar-refractivity contribution in [2.75, 3.05) is 6.61 Å². The van der Waals surface area contributed by atoms with Gasteiger partial charge in [0, 0.05) is 6.54 Å². The molecule has 0 radical (unpaired) electrons. The maximum absolute atomic E-state index is 12.0. The molecule has 112 valence electrons. The van der Waals surface area contributed by atoms with Gasteiger partial charge in [0.05, 0.1) is 12.4 Å². The van der Waals surface area contributed by atoms with Crippen LogP contribution in [-0.4, -0.2) is 15.0 Å². The van der Waals surface area contributed by atoms with Gasteiger partial charge in [-0.25, -0.2) is 13.1 Å². The number of hydrogen-bond acceptors (Lipinski definition) is 3. The van der Waals surface area contributed by atoms with Crippen molar-refractivity contribution in [1.29, 1.82) is 0 Å². The van der Waals surface area contributed by atoms with Crippen LogP contribution in [0.25, 0.3) is 0 Å². The van der Waals surface area contributed by atoms with Crippen LogP contribution < -0.4 is 9.46 Å². The fourth-order valence-electron chi connectivity index (χ4n) is 1.91. The first kappa shape index (κ1) is 15.5. The predicted molar refractivity (Wildman–Crippen MR) is 83.5 cm³/mol. The Hall–Kier alpha value is -1.85. The van der Waals surface area contributed by atoms with Crippen LogP contribution in [0.3, 0.4) is 0 Å². The second-order valence-corrected chi connectivity index (χ2v) is 6.45. The minimum atomic E-state index is -3.33. The van der Waals surface area contributed by atoms with Gasteiger partial charge in [-0.2, -0.15) is 0 Å². The van der Waals surface area contributed by atoms with Gasteiger partial charge in [-0.1, -0.05) is 42.5 Å². The minimum absolute atomic E-state index is 0.00906. The summed E-state index contributed by atoms with van der Waals surface area (Å²) in [6.07, 6.45) is 0. The average Bonchev–Trinajstić information content (AvgIpc) is 2.48. The standard InChI is InChI=1S/C16H19NO3S/c1-2-20-16-10-8-14(9-11-16)12-17-21(18,19)13-15-6-4-3-5-7-15/h3-11,17H,2,12-13H2,1H3. The van der Waals surface area contributed by atoms with Crippen LogP contribution in [0.15, 0.2) is 54.6 Å². The Bertz CT molecular complexity index is 652. The Morgan fingerprint density at radius 2 is 1.62 bits per heavy atom. The number of benzene rings is 2. The van der Waals surface area contributed by atoms with E-state index in [1.807, 2.05) is 49.4 Å². The monoisotopic (exact) mass is 305 g/mol. The molecule has 0 atom stereocenters. The van der Waals surface area contributed by atoms with Crippen LogP contribution >= 0.6 is 0 Å². The zero-order chi connectivity index (χ0) is 15.1. The summed E-state index contributed by atoms with van der Waals surface area (Å²) in [5.41, 5.74) is 1.67. The third kappa shape index (κ3) is 5.21. The highest BCUT2D eigenvalue weighted by Crippen LogP contribution is 2.12. The first-order valence-corrected chi connectivity index (χ1v) is 8.47. The van der Waals surface area contributed by atoms with Crippen molar-refractivity contribution in [3.05, 3.63) is 65.7 Å². The molecule has 0 bridgehead atoms. The van der Waals surface area contributed by atoms with Gasteiger partial charge < -0.3 is 4.74 Å². The van der Waals surface area contributed by atoms with E-state index in [1.165, 1.54) is 0 Å². The molecule has 0 aromatic heterocycles. The highest BCUT2D eigenvalue weighted by Gasteiger charge is 2.10. The van der Waals surface area contributed by atoms with E-state index in [1.54, 1.807) is 12.1 Å². The SMILES string of the molecule is CCOc1ccc(CNS(=O)(=O)Cc2ccccc2)cc1. The van der Waals surface area contributed by atoms with Crippen molar-refractivity contribution in [3.8, 4) is 5.75 Å². The van der Waals surface area contributed by atoms with E-state index in [9.17, 15) is 8.42 Å². The van der Waals surface area contributed by atoms with E-state index in [2.05, 4.69) is 4.72 Å². The Kier molecular flexibility index (Phi) is 5.36. The quantitative estimate of drug-likeness (QED) is 0.855. The summed E-state index contributed by atoms with van der Waals surface area (Å²) in [5, 5.41) is 0. The van der Waals surface area contributed by atoms with Gasteiger partial charge in [0.2, 0.25) is 10.0 Å². The van der Waals surface area contributed by atoms with E-state index >= 15 is 0 Å². The van der Waals surface area contributed by atoms with Gasteiger partial charge in [0.25, 0.3) is 0 Å². The van der Waals surface area contributed by atoms with Crippen LogP contribution in [-0.2, 0) is 22.3 Å². The third-order valence-electron chi connectivity index (χ3n) is 2.93. The Morgan fingerprint density at radius 1 is 0.952 bits per heavy atom. The molecule has 5 heteroatoms. The second-order valence-electron chi connectivity index (χ2n) is 4.64. The summed E-state index contributed by atoms with van der Waals surface area (Å²) >= 11 is 0. The molecule has 0 saturated heterocycles. The maximum Gasteiger partial charge on any atom is 0.216 e. The number of rotatable bonds is 7. The molecular weight excluding hydrogens is 286 g/mol. The Balaban J connectivity index is 1.92. The summed E-state index contributed by atoms with van der Waals surface area (Å²) in [4.78, 5) is 0. The molecule has 2 aromatic carbocycles. The van der Waals surface area contributed by atoms with Crippen LogP contribution in [0.2, 0.25) is 0 Å². The fraction of sp³-hybridized carbons (Fsp3) is 0.250. The van der Waals surface area contributed by atoms with E-state index < -0.39 is 10.0 Å². The van der Waals surface area contributed by atoms with Gasteiger partial charge in [0.1, 0.15) is 5.75 Å². The molecule has 0 unspecified atom stereocenters. The zero-order valence-electron chi connectivity index (χ0n) is 12.0.